The van der Waals surface area contributed by atoms with Crippen molar-refractivity contribution in [3.05, 3.63) is 36.0 Å². The molecule has 3 aromatic rings. The van der Waals surface area contributed by atoms with Gasteiger partial charge in [-0.15, -0.1) is 0 Å². The number of hydrogen-bond acceptors (Lipinski definition) is 5. The molecule has 2 aromatic heterocycles. The van der Waals surface area contributed by atoms with E-state index in [1.165, 1.54) is 0 Å². The zero-order valence-corrected chi connectivity index (χ0v) is 9.29. The van der Waals surface area contributed by atoms with Gasteiger partial charge in [-0.1, -0.05) is 17.3 Å². The Labute approximate surface area is 97.1 Å². The van der Waals surface area contributed by atoms with Gasteiger partial charge in [-0.2, -0.15) is 4.98 Å². The van der Waals surface area contributed by atoms with E-state index in [1.54, 1.807) is 6.92 Å². The Morgan fingerprint density at radius 3 is 2.88 bits per heavy atom. The third-order valence-electron chi connectivity index (χ3n) is 2.55. The predicted octanol–water partition coefficient (Wildman–Crippen LogP) is 1.36. The number of benzene rings is 1. The van der Waals surface area contributed by atoms with Crippen LogP contribution in [0.25, 0.3) is 11.0 Å². The molecule has 0 spiro atoms. The molecule has 6 heteroatoms. The Kier molecular flexibility index (Phi) is 2.07. The van der Waals surface area contributed by atoms with E-state index in [9.17, 15) is 0 Å². The molecule has 0 saturated heterocycles. The van der Waals surface area contributed by atoms with Crippen LogP contribution in [0.2, 0.25) is 0 Å². The van der Waals surface area contributed by atoms with Gasteiger partial charge in [-0.3, -0.25) is 0 Å². The van der Waals surface area contributed by atoms with Crippen LogP contribution in [0.5, 0.6) is 0 Å². The molecule has 0 atom stereocenters. The molecule has 86 valence electrons. The van der Waals surface area contributed by atoms with Gasteiger partial charge in [0.1, 0.15) is 0 Å². The Hall–Kier alpha value is -2.37. The molecule has 0 aliphatic carbocycles. The fourth-order valence-electron chi connectivity index (χ4n) is 1.81. The molecule has 0 bridgehead atoms. The first-order chi connectivity index (χ1) is 8.24. The molecule has 3 rings (SSSR count). The minimum atomic E-state index is 0.452. The van der Waals surface area contributed by atoms with Crippen LogP contribution in [0.3, 0.4) is 0 Å². The number of aryl methyl sites for hydroxylation is 1. The lowest BCUT2D eigenvalue weighted by atomic mass is 10.3. The lowest BCUT2D eigenvalue weighted by Crippen LogP contribution is -2.05. The highest BCUT2D eigenvalue weighted by Gasteiger charge is 2.10. The van der Waals surface area contributed by atoms with Crippen molar-refractivity contribution >= 4 is 17.0 Å². The van der Waals surface area contributed by atoms with Crippen LogP contribution in [0.4, 0.5) is 5.95 Å². The maximum atomic E-state index is 5.87. The Morgan fingerprint density at radius 2 is 2.12 bits per heavy atom. The number of para-hydroxylation sites is 2. The van der Waals surface area contributed by atoms with Crippen LogP contribution in [0.1, 0.15) is 11.7 Å². The second-order valence-corrected chi connectivity index (χ2v) is 3.77. The third kappa shape index (κ3) is 1.63. The fourth-order valence-corrected chi connectivity index (χ4v) is 1.81. The molecule has 2 heterocycles. The number of fused-ring (bicyclic) bond motifs is 1. The molecule has 1 aromatic carbocycles. The van der Waals surface area contributed by atoms with E-state index in [4.69, 9.17) is 10.3 Å². The van der Waals surface area contributed by atoms with Crippen molar-refractivity contribution in [3.63, 3.8) is 0 Å². The molecule has 0 aliphatic rings. The second-order valence-electron chi connectivity index (χ2n) is 3.77. The quantitative estimate of drug-likeness (QED) is 0.717. The number of nitrogens with two attached hydrogens (primary N) is 1. The van der Waals surface area contributed by atoms with E-state index in [-0.39, 0.29) is 0 Å². The average Bonchev–Trinajstić information content (AvgIpc) is 2.85. The molecule has 17 heavy (non-hydrogen) atoms. The highest BCUT2D eigenvalue weighted by molar-refractivity contribution is 5.78. The maximum absolute atomic E-state index is 5.87. The van der Waals surface area contributed by atoms with Crippen molar-refractivity contribution in [2.24, 2.45) is 0 Å². The number of hydrogen-bond donors (Lipinski definition) is 1. The van der Waals surface area contributed by atoms with E-state index in [0.717, 1.165) is 11.0 Å². The average molecular weight is 229 g/mol. The Balaban J connectivity index is 2.08. The summed E-state index contributed by atoms with van der Waals surface area (Å²) < 4.78 is 6.79. The van der Waals surface area contributed by atoms with Gasteiger partial charge in [0.15, 0.2) is 5.82 Å². The van der Waals surface area contributed by atoms with Gasteiger partial charge in [-0.25, -0.2) is 4.98 Å². The molecule has 0 fully saturated rings. The van der Waals surface area contributed by atoms with Gasteiger partial charge in [0.05, 0.1) is 17.6 Å². The van der Waals surface area contributed by atoms with E-state index in [0.29, 0.717) is 24.2 Å². The number of nitrogen functional groups attached to an aromatic ring is 1. The first kappa shape index (κ1) is 9.83. The van der Waals surface area contributed by atoms with E-state index < -0.39 is 0 Å². The molecule has 0 amide bonds. The van der Waals surface area contributed by atoms with E-state index in [2.05, 4.69) is 15.1 Å². The van der Waals surface area contributed by atoms with E-state index in [1.807, 2.05) is 28.8 Å². The normalized spacial score (nSPS) is 11.1. The lowest BCUT2D eigenvalue weighted by Gasteiger charge is -2.01. The molecule has 0 radical (unpaired) electrons. The summed E-state index contributed by atoms with van der Waals surface area (Å²) in [6.45, 7) is 2.22. The topological polar surface area (TPSA) is 82.8 Å². The third-order valence-corrected chi connectivity index (χ3v) is 2.55. The molecule has 0 saturated carbocycles. The summed E-state index contributed by atoms with van der Waals surface area (Å²) in [7, 11) is 0. The number of nitrogens with zero attached hydrogens (tertiary/aromatic N) is 4. The van der Waals surface area contributed by atoms with Crippen molar-refractivity contribution in [1.82, 2.24) is 19.7 Å². The smallest absolute Gasteiger partial charge is 0.223 e. The minimum Gasteiger partial charge on any atom is -0.369 e. The minimum absolute atomic E-state index is 0.452. The summed E-state index contributed by atoms with van der Waals surface area (Å²) >= 11 is 0. The SMILES string of the molecule is Cc1nc(Cn2c(N)nc3ccccc32)no1. The lowest BCUT2D eigenvalue weighted by molar-refractivity contribution is 0.386. The zero-order chi connectivity index (χ0) is 11.8. The van der Waals surface area contributed by atoms with Crippen LogP contribution in [-0.2, 0) is 6.54 Å². The number of imidazole rings is 1. The number of rotatable bonds is 2. The van der Waals surface area contributed by atoms with Gasteiger partial charge in [-0.05, 0) is 12.1 Å². The van der Waals surface area contributed by atoms with Crippen molar-refractivity contribution in [2.45, 2.75) is 13.5 Å². The molecule has 0 aliphatic heterocycles. The summed E-state index contributed by atoms with van der Waals surface area (Å²) in [6.07, 6.45) is 0. The summed E-state index contributed by atoms with van der Waals surface area (Å²) in [4.78, 5) is 8.42. The second kappa shape index (κ2) is 3.58. The first-order valence-corrected chi connectivity index (χ1v) is 5.24. The van der Waals surface area contributed by atoms with Crippen molar-refractivity contribution in [1.29, 1.82) is 0 Å². The van der Waals surface area contributed by atoms with Crippen molar-refractivity contribution < 1.29 is 4.52 Å². The summed E-state index contributed by atoms with van der Waals surface area (Å²) in [5.41, 5.74) is 7.70. The van der Waals surface area contributed by atoms with Crippen molar-refractivity contribution in [2.75, 3.05) is 5.73 Å². The van der Waals surface area contributed by atoms with Gasteiger partial charge >= 0.3 is 0 Å². The maximum Gasteiger partial charge on any atom is 0.223 e. The van der Waals surface area contributed by atoms with Gasteiger partial charge in [0.25, 0.3) is 0 Å². The molecule has 6 nitrogen and oxygen atoms in total. The molecule has 0 unspecified atom stereocenters. The molecular weight excluding hydrogens is 218 g/mol. The zero-order valence-electron chi connectivity index (χ0n) is 9.29. The summed E-state index contributed by atoms with van der Waals surface area (Å²) in [5.74, 6) is 1.59. The van der Waals surface area contributed by atoms with Crippen LogP contribution in [-0.4, -0.2) is 19.7 Å². The van der Waals surface area contributed by atoms with Gasteiger partial charge < -0.3 is 14.8 Å². The monoisotopic (exact) mass is 229 g/mol. The standard InChI is InChI=1S/C11H11N5O/c1-7-13-10(15-17-7)6-16-9-5-3-2-4-8(9)14-11(16)12/h2-5H,6H2,1H3,(H2,12,14). The Morgan fingerprint density at radius 1 is 1.29 bits per heavy atom. The Bertz CT molecular complexity index is 669. The highest BCUT2D eigenvalue weighted by Crippen LogP contribution is 2.18. The van der Waals surface area contributed by atoms with E-state index >= 15 is 0 Å². The van der Waals surface area contributed by atoms with Crippen LogP contribution in [0, 0.1) is 6.92 Å². The van der Waals surface area contributed by atoms with Crippen molar-refractivity contribution in [3.8, 4) is 0 Å². The number of anilines is 1. The molecular formula is C11H11N5O. The number of aromatic nitrogens is 4. The van der Waals surface area contributed by atoms with Gasteiger partial charge in [0.2, 0.25) is 11.8 Å². The highest BCUT2D eigenvalue weighted by atomic mass is 16.5. The van der Waals surface area contributed by atoms with Crippen LogP contribution >= 0.6 is 0 Å². The predicted molar refractivity (Wildman–Crippen MR) is 62.3 cm³/mol. The first-order valence-electron chi connectivity index (χ1n) is 5.24. The summed E-state index contributed by atoms with van der Waals surface area (Å²) in [5, 5.41) is 3.85. The van der Waals surface area contributed by atoms with Crippen LogP contribution < -0.4 is 5.73 Å². The molecule has 2 N–H and O–H groups in total. The fraction of sp³-hybridized carbons (Fsp3) is 0.182. The van der Waals surface area contributed by atoms with Crippen LogP contribution in [0.15, 0.2) is 28.8 Å². The largest absolute Gasteiger partial charge is 0.369 e. The van der Waals surface area contributed by atoms with Gasteiger partial charge in [0, 0.05) is 6.92 Å². The summed E-state index contributed by atoms with van der Waals surface area (Å²) in [6, 6.07) is 7.76.